The first-order valence-electron chi connectivity index (χ1n) is 10.8. The lowest BCUT2D eigenvalue weighted by molar-refractivity contribution is -0.125. The van der Waals surface area contributed by atoms with E-state index in [-0.39, 0.29) is 5.78 Å². The molecule has 0 spiro atoms. The first kappa shape index (κ1) is 22.5. The molecule has 0 aliphatic carbocycles. The van der Waals surface area contributed by atoms with Gasteiger partial charge in [0.25, 0.3) is 0 Å². The lowest BCUT2D eigenvalue weighted by Crippen LogP contribution is -2.29. The molecule has 0 saturated carbocycles. The van der Waals surface area contributed by atoms with Crippen LogP contribution in [0.4, 0.5) is 0 Å². The topological polar surface area (TPSA) is 48.4 Å². The number of benzene rings is 3. The summed E-state index contributed by atoms with van der Waals surface area (Å²) in [6, 6.07) is 24.6. The molecule has 6 heteroatoms. The van der Waals surface area contributed by atoms with E-state index < -0.39 is 5.60 Å². The van der Waals surface area contributed by atoms with Crippen LogP contribution in [-0.2, 0) is 16.1 Å². The van der Waals surface area contributed by atoms with E-state index in [0.717, 1.165) is 22.2 Å². The number of para-hydroxylation sites is 1. The molecule has 1 aliphatic heterocycles. The summed E-state index contributed by atoms with van der Waals surface area (Å²) < 4.78 is 12.0. The number of Topliss-reactive ketones (excluding diaryl/α,β-unsaturated/α-hetero) is 1. The molecule has 0 saturated heterocycles. The minimum atomic E-state index is -0.978. The molecule has 0 fully saturated rings. The summed E-state index contributed by atoms with van der Waals surface area (Å²) in [6.45, 7) is 3.86. The highest BCUT2D eigenvalue weighted by Crippen LogP contribution is 2.42. The minimum absolute atomic E-state index is 0.0948. The zero-order valence-corrected chi connectivity index (χ0v) is 20.2. The van der Waals surface area contributed by atoms with Crippen LogP contribution in [0, 0.1) is 0 Å². The summed E-state index contributed by atoms with van der Waals surface area (Å²) in [7, 11) is 0. The van der Waals surface area contributed by atoms with E-state index in [1.807, 2.05) is 60.7 Å². The van der Waals surface area contributed by atoms with Gasteiger partial charge < -0.3 is 9.47 Å². The van der Waals surface area contributed by atoms with Crippen LogP contribution in [0.2, 0.25) is 10.0 Å². The molecule has 0 amide bonds. The van der Waals surface area contributed by atoms with Gasteiger partial charge in [-0.2, -0.15) is 0 Å². The summed E-state index contributed by atoms with van der Waals surface area (Å²) in [5.74, 6) is 1.08. The van der Waals surface area contributed by atoms with Gasteiger partial charge in [0.1, 0.15) is 18.1 Å². The molecular formula is C28H21Cl2NO3. The molecular weight excluding hydrogens is 469 g/mol. The van der Waals surface area contributed by atoms with Gasteiger partial charge in [-0.1, -0.05) is 59.6 Å². The second-order valence-corrected chi connectivity index (χ2v) is 9.40. The molecule has 5 rings (SSSR count). The Balaban J connectivity index is 1.40. The van der Waals surface area contributed by atoms with E-state index in [9.17, 15) is 4.79 Å². The molecule has 3 aromatic carbocycles. The Labute approximate surface area is 207 Å². The van der Waals surface area contributed by atoms with Crippen LogP contribution in [0.5, 0.6) is 5.75 Å². The molecule has 0 bridgehead atoms. The van der Waals surface area contributed by atoms with Crippen molar-refractivity contribution in [1.82, 2.24) is 4.98 Å². The molecule has 34 heavy (non-hydrogen) atoms. The van der Waals surface area contributed by atoms with Crippen LogP contribution in [0.3, 0.4) is 0 Å². The second kappa shape index (κ2) is 8.79. The molecule has 4 aromatic rings. The number of hydrogen-bond acceptors (Lipinski definition) is 4. The molecule has 0 N–H and O–H groups in total. The average molecular weight is 490 g/mol. The first-order chi connectivity index (χ1) is 16.3. The Hall–Kier alpha value is -3.34. The van der Waals surface area contributed by atoms with Crippen LogP contribution in [0.25, 0.3) is 22.2 Å². The van der Waals surface area contributed by atoms with E-state index in [1.54, 1.807) is 32.0 Å². The van der Waals surface area contributed by atoms with Crippen LogP contribution < -0.4 is 4.74 Å². The van der Waals surface area contributed by atoms with Crippen LogP contribution >= 0.6 is 23.2 Å². The van der Waals surface area contributed by atoms with Gasteiger partial charge in [-0.3, -0.25) is 4.79 Å². The van der Waals surface area contributed by atoms with Gasteiger partial charge in [0.15, 0.2) is 5.60 Å². The number of halogens is 2. The number of hydrogen-bond donors (Lipinski definition) is 0. The number of fused-ring (bicyclic) bond motifs is 1. The monoisotopic (exact) mass is 489 g/mol. The van der Waals surface area contributed by atoms with Crippen molar-refractivity contribution in [3.8, 4) is 5.75 Å². The quantitative estimate of drug-likeness (QED) is 0.293. The normalized spacial score (nSPS) is 15.0. The molecule has 0 atom stereocenters. The number of nitrogens with zero attached hydrogens (tertiary/aromatic N) is 1. The van der Waals surface area contributed by atoms with E-state index in [4.69, 9.17) is 32.7 Å². The Bertz CT molecular complexity index is 1440. The van der Waals surface area contributed by atoms with Gasteiger partial charge in [0.2, 0.25) is 5.78 Å². The second-order valence-electron chi connectivity index (χ2n) is 8.58. The molecule has 1 aliphatic rings. The summed E-state index contributed by atoms with van der Waals surface area (Å²) in [6.07, 6.45) is 0. The van der Waals surface area contributed by atoms with Crippen molar-refractivity contribution in [1.29, 1.82) is 0 Å². The number of pyridine rings is 1. The highest BCUT2D eigenvalue weighted by Gasteiger charge is 2.42. The van der Waals surface area contributed by atoms with Gasteiger partial charge in [-0.05, 0) is 61.9 Å². The Morgan fingerprint density at radius 1 is 0.882 bits per heavy atom. The molecule has 0 radical (unpaired) electrons. The highest BCUT2D eigenvalue weighted by molar-refractivity contribution is 6.42. The lowest BCUT2D eigenvalue weighted by Gasteiger charge is -2.18. The van der Waals surface area contributed by atoms with E-state index >= 15 is 0 Å². The van der Waals surface area contributed by atoms with Gasteiger partial charge >= 0.3 is 0 Å². The fourth-order valence-electron chi connectivity index (χ4n) is 3.92. The Morgan fingerprint density at radius 2 is 1.62 bits per heavy atom. The van der Waals surface area contributed by atoms with Gasteiger partial charge in [0, 0.05) is 10.9 Å². The van der Waals surface area contributed by atoms with Crippen molar-refractivity contribution in [2.75, 3.05) is 0 Å². The number of carbonyl (C=O) groups excluding carboxylic acids is 1. The molecule has 1 aromatic heterocycles. The molecule has 170 valence electrons. The number of aromatic nitrogens is 1. The SMILES string of the molecule is CC1(C)OC(c2ccc(Cl)c(Cl)c2)=C(c2ccc(OCc3ccc4ccccc4n3)cc2)C1=O. The number of ketones is 1. The van der Waals surface area contributed by atoms with Crippen LogP contribution in [-0.4, -0.2) is 16.4 Å². The van der Waals surface area contributed by atoms with Crippen molar-refractivity contribution in [2.24, 2.45) is 0 Å². The molecule has 2 heterocycles. The summed E-state index contributed by atoms with van der Waals surface area (Å²) >= 11 is 12.3. The summed E-state index contributed by atoms with van der Waals surface area (Å²) in [4.78, 5) is 17.8. The highest BCUT2D eigenvalue weighted by atomic mass is 35.5. The zero-order valence-electron chi connectivity index (χ0n) is 18.6. The third-order valence-electron chi connectivity index (χ3n) is 5.73. The largest absolute Gasteiger partial charge is 0.487 e. The van der Waals surface area contributed by atoms with Crippen molar-refractivity contribution >= 4 is 51.2 Å². The fourth-order valence-corrected chi connectivity index (χ4v) is 4.22. The lowest BCUT2D eigenvalue weighted by atomic mass is 9.92. The number of rotatable bonds is 5. The Morgan fingerprint density at radius 3 is 2.38 bits per heavy atom. The van der Waals surface area contributed by atoms with Crippen molar-refractivity contribution in [3.63, 3.8) is 0 Å². The van der Waals surface area contributed by atoms with Crippen LogP contribution in [0.15, 0.2) is 78.9 Å². The van der Waals surface area contributed by atoms with Gasteiger partial charge in [-0.15, -0.1) is 0 Å². The third-order valence-corrected chi connectivity index (χ3v) is 6.46. The van der Waals surface area contributed by atoms with Crippen molar-refractivity contribution in [2.45, 2.75) is 26.1 Å². The Kier molecular flexibility index (Phi) is 5.80. The maximum atomic E-state index is 13.2. The zero-order chi connectivity index (χ0) is 23.9. The van der Waals surface area contributed by atoms with Crippen LogP contribution in [0.1, 0.15) is 30.7 Å². The van der Waals surface area contributed by atoms with E-state index in [1.165, 1.54) is 0 Å². The number of ether oxygens (including phenoxy) is 2. The van der Waals surface area contributed by atoms with Crippen molar-refractivity contribution in [3.05, 3.63) is 106 Å². The minimum Gasteiger partial charge on any atom is -0.487 e. The van der Waals surface area contributed by atoms with Gasteiger partial charge in [0.05, 0.1) is 26.8 Å². The first-order valence-corrected chi connectivity index (χ1v) is 11.6. The molecule has 0 unspecified atom stereocenters. The predicted octanol–water partition coefficient (Wildman–Crippen LogP) is 7.37. The maximum Gasteiger partial charge on any atom is 0.210 e. The average Bonchev–Trinajstić information content (AvgIpc) is 3.08. The maximum absolute atomic E-state index is 13.2. The predicted molar refractivity (Wildman–Crippen MR) is 136 cm³/mol. The van der Waals surface area contributed by atoms with E-state index in [0.29, 0.717) is 39.3 Å². The standard InChI is InChI=1S/C28H21Cl2NO3/c1-28(2)27(32)25(26(34-28)19-10-14-22(29)23(30)15-19)18-8-12-21(13-9-18)33-16-20-11-7-17-5-3-4-6-24(17)31-20/h3-15H,16H2,1-2H3. The summed E-state index contributed by atoms with van der Waals surface area (Å²) in [5, 5.41) is 1.93. The fraction of sp³-hybridized carbons (Fsp3) is 0.143. The molecule has 4 nitrogen and oxygen atoms in total. The summed E-state index contributed by atoms with van der Waals surface area (Å²) in [5.41, 5.74) is 2.75. The number of carbonyl (C=O) groups is 1. The smallest absolute Gasteiger partial charge is 0.210 e. The van der Waals surface area contributed by atoms with Gasteiger partial charge in [-0.25, -0.2) is 4.98 Å². The van der Waals surface area contributed by atoms with Crippen molar-refractivity contribution < 1.29 is 14.3 Å². The third kappa shape index (κ3) is 4.27. The van der Waals surface area contributed by atoms with E-state index in [2.05, 4.69) is 4.98 Å².